The van der Waals surface area contributed by atoms with Crippen LogP contribution < -0.4 is 5.73 Å². The molecular formula is C11H15N5O2S. The minimum atomic E-state index is -0.316. The third kappa shape index (κ3) is 2.95. The molecule has 2 rings (SSSR count). The number of nitrogen functional groups attached to an aromatic ring is 1. The summed E-state index contributed by atoms with van der Waals surface area (Å²) in [5.41, 5.74) is 7.05. The fourth-order valence-electron chi connectivity index (χ4n) is 1.63. The fraction of sp³-hybridized carbons (Fsp3) is 0.455. The van der Waals surface area contributed by atoms with Crippen LogP contribution in [-0.4, -0.2) is 38.4 Å². The van der Waals surface area contributed by atoms with Crippen molar-refractivity contribution in [2.24, 2.45) is 0 Å². The third-order valence-electron chi connectivity index (χ3n) is 2.47. The zero-order valence-corrected chi connectivity index (χ0v) is 11.6. The number of fused-ring (bicyclic) bond motifs is 1. The van der Waals surface area contributed by atoms with Crippen LogP contribution in [0.4, 0.5) is 5.95 Å². The molecule has 2 aromatic heterocycles. The second-order valence-electron chi connectivity index (χ2n) is 3.86. The van der Waals surface area contributed by atoms with E-state index < -0.39 is 0 Å². The van der Waals surface area contributed by atoms with E-state index >= 15 is 0 Å². The first-order valence-electron chi connectivity index (χ1n) is 5.83. The molecule has 2 N–H and O–H groups in total. The number of rotatable bonds is 5. The summed E-state index contributed by atoms with van der Waals surface area (Å²) >= 11 is 1.25. The van der Waals surface area contributed by atoms with Crippen LogP contribution in [0.2, 0.25) is 0 Å². The molecule has 0 unspecified atom stereocenters. The summed E-state index contributed by atoms with van der Waals surface area (Å²) in [6.45, 7) is 2.89. The molecule has 0 aliphatic rings. The Morgan fingerprint density at radius 1 is 1.53 bits per heavy atom. The average Bonchev–Trinajstić information content (AvgIpc) is 2.79. The van der Waals surface area contributed by atoms with Gasteiger partial charge in [0.15, 0.2) is 5.65 Å². The number of thioether (sulfide) groups is 1. The minimum absolute atomic E-state index is 0.169. The maximum atomic E-state index is 11.2. The van der Waals surface area contributed by atoms with Crippen molar-refractivity contribution >= 4 is 34.8 Å². The molecule has 0 saturated heterocycles. The molecule has 19 heavy (non-hydrogen) atoms. The van der Waals surface area contributed by atoms with Crippen molar-refractivity contribution in [3.8, 4) is 0 Å². The maximum absolute atomic E-state index is 11.2. The van der Waals surface area contributed by atoms with Gasteiger partial charge in [-0.15, -0.1) is 0 Å². The number of carbonyl (C=O) groups is 1. The van der Waals surface area contributed by atoms with Crippen LogP contribution in [0.1, 0.15) is 13.3 Å². The van der Waals surface area contributed by atoms with E-state index in [1.165, 1.54) is 18.9 Å². The molecule has 102 valence electrons. The van der Waals surface area contributed by atoms with Crippen molar-refractivity contribution in [1.29, 1.82) is 0 Å². The zero-order chi connectivity index (χ0) is 13.8. The van der Waals surface area contributed by atoms with Crippen molar-refractivity contribution in [2.45, 2.75) is 24.9 Å². The lowest BCUT2D eigenvalue weighted by Gasteiger charge is -2.04. The summed E-state index contributed by atoms with van der Waals surface area (Å²) in [5.74, 6) is 0.0314. The Morgan fingerprint density at radius 2 is 2.32 bits per heavy atom. The van der Waals surface area contributed by atoms with Gasteiger partial charge in [-0.1, -0.05) is 18.7 Å². The van der Waals surface area contributed by atoms with Crippen LogP contribution in [0.15, 0.2) is 11.4 Å². The van der Waals surface area contributed by atoms with Crippen molar-refractivity contribution < 1.29 is 9.53 Å². The van der Waals surface area contributed by atoms with Crippen LogP contribution in [-0.2, 0) is 16.1 Å². The van der Waals surface area contributed by atoms with Gasteiger partial charge < -0.3 is 15.0 Å². The lowest BCUT2D eigenvalue weighted by atomic mass is 10.4. The molecule has 0 atom stereocenters. The van der Waals surface area contributed by atoms with E-state index in [-0.39, 0.29) is 17.7 Å². The second-order valence-corrected chi connectivity index (χ2v) is 4.83. The van der Waals surface area contributed by atoms with Gasteiger partial charge in [-0.05, 0) is 6.42 Å². The van der Waals surface area contributed by atoms with Crippen LogP contribution in [0.25, 0.3) is 11.2 Å². The largest absolute Gasteiger partial charge is 0.468 e. The van der Waals surface area contributed by atoms with Crippen molar-refractivity contribution in [3.63, 3.8) is 0 Å². The second kappa shape index (κ2) is 5.87. The van der Waals surface area contributed by atoms with Crippen LogP contribution in [0.5, 0.6) is 0 Å². The standard InChI is InChI=1S/C11H15N5O2S/c1-3-4-16-6-13-8-9(16)14-11(12)15-10(8)19-5-7(17)18-2/h6H,3-5H2,1-2H3,(H2,12,14,15). The molecule has 0 amide bonds. The van der Waals surface area contributed by atoms with Crippen LogP contribution in [0, 0.1) is 0 Å². The number of ether oxygens (including phenoxy) is 1. The Morgan fingerprint density at radius 3 is 3.00 bits per heavy atom. The molecule has 2 heterocycles. The molecular weight excluding hydrogens is 266 g/mol. The number of aryl methyl sites for hydroxylation is 1. The van der Waals surface area contributed by atoms with Gasteiger partial charge in [0.05, 0.1) is 19.2 Å². The summed E-state index contributed by atoms with van der Waals surface area (Å²) in [6, 6.07) is 0. The number of aromatic nitrogens is 4. The van der Waals surface area contributed by atoms with Gasteiger partial charge >= 0.3 is 5.97 Å². The van der Waals surface area contributed by atoms with Crippen LogP contribution in [0.3, 0.4) is 0 Å². The number of carbonyl (C=O) groups excluding carboxylic acids is 1. The molecule has 0 aliphatic carbocycles. The topological polar surface area (TPSA) is 95.9 Å². The van der Waals surface area contributed by atoms with E-state index in [9.17, 15) is 4.79 Å². The van der Waals surface area contributed by atoms with Crippen molar-refractivity contribution in [3.05, 3.63) is 6.33 Å². The Balaban J connectivity index is 2.35. The highest BCUT2D eigenvalue weighted by Crippen LogP contribution is 2.25. The number of nitrogens with zero attached hydrogens (tertiary/aromatic N) is 4. The highest BCUT2D eigenvalue weighted by Gasteiger charge is 2.14. The highest BCUT2D eigenvalue weighted by molar-refractivity contribution is 8.00. The molecule has 2 aromatic rings. The van der Waals surface area contributed by atoms with Gasteiger partial charge in [-0.25, -0.2) is 9.97 Å². The first kappa shape index (κ1) is 13.6. The third-order valence-corrected chi connectivity index (χ3v) is 3.41. The van der Waals surface area contributed by atoms with E-state index in [0.29, 0.717) is 16.2 Å². The number of imidazole rings is 1. The zero-order valence-electron chi connectivity index (χ0n) is 10.8. The normalized spacial score (nSPS) is 10.8. The predicted molar refractivity (Wildman–Crippen MR) is 72.8 cm³/mol. The van der Waals surface area contributed by atoms with E-state index in [0.717, 1.165) is 13.0 Å². The molecule has 0 aromatic carbocycles. The van der Waals surface area contributed by atoms with Gasteiger partial charge in [0.1, 0.15) is 10.5 Å². The quantitative estimate of drug-likeness (QED) is 0.497. The van der Waals surface area contributed by atoms with Crippen molar-refractivity contribution in [1.82, 2.24) is 19.5 Å². The average molecular weight is 281 g/mol. The number of esters is 1. The van der Waals surface area contributed by atoms with Gasteiger partial charge in [0, 0.05) is 6.54 Å². The Bertz CT molecular complexity index is 598. The highest BCUT2D eigenvalue weighted by atomic mass is 32.2. The lowest BCUT2D eigenvalue weighted by Crippen LogP contribution is -2.05. The smallest absolute Gasteiger partial charge is 0.316 e. The summed E-state index contributed by atoms with van der Waals surface area (Å²) in [7, 11) is 1.35. The Labute approximate surface area is 114 Å². The molecule has 0 radical (unpaired) electrons. The number of hydrogen-bond donors (Lipinski definition) is 1. The Hall–Kier alpha value is -1.83. The van der Waals surface area contributed by atoms with E-state index in [1.807, 2.05) is 4.57 Å². The minimum Gasteiger partial charge on any atom is -0.468 e. The molecule has 0 bridgehead atoms. The number of nitrogens with two attached hydrogens (primary N) is 1. The molecule has 0 fully saturated rings. The van der Waals surface area contributed by atoms with Gasteiger partial charge in [-0.3, -0.25) is 4.79 Å². The lowest BCUT2D eigenvalue weighted by molar-refractivity contribution is -0.137. The molecule has 0 saturated carbocycles. The Kier molecular flexibility index (Phi) is 4.20. The van der Waals surface area contributed by atoms with Gasteiger partial charge in [0.25, 0.3) is 0 Å². The van der Waals surface area contributed by atoms with E-state index in [4.69, 9.17) is 5.73 Å². The number of methoxy groups -OCH3 is 1. The molecule has 8 heteroatoms. The van der Waals surface area contributed by atoms with Crippen LogP contribution >= 0.6 is 11.8 Å². The first-order chi connectivity index (χ1) is 9.15. The monoisotopic (exact) mass is 281 g/mol. The maximum Gasteiger partial charge on any atom is 0.316 e. The molecule has 7 nitrogen and oxygen atoms in total. The summed E-state index contributed by atoms with van der Waals surface area (Å²) in [5, 5.41) is 0.600. The SMILES string of the molecule is CCCn1cnc2c(SCC(=O)OC)nc(N)nc21. The fourth-order valence-corrected chi connectivity index (χ4v) is 2.44. The molecule has 0 spiro atoms. The van der Waals surface area contributed by atoms with E-state index in [1.54, 1.807) is 6.33 Å². The summed E-state index contributed by atoms with van der Waals surface area (Å²) in [6.07, 6.45) is 2.69. The summed E-state index contributed by atoms with van der Waals surface area (Å²) in [4.78, 5) is 23.8. The molecule has 0 aliphatic heterocycles. The predicted octanol–water partition coefficient (Wildman–Crippen LogP) is 1.08. The summed E-state index contributed by atoms with van der Waals surface area (Å²) < 4.78 is 6.52. The first-order valence-corrected chi connectivity index (χ1v) is 6.82. The van der Waals surface area contributed by atoms with Gasteiger partial charge in [0.2, 0.25) is 5.95 Å². The van der Waals surface area contributed by atoms with Crippen molar-refractivity contribution in [2.75, 3.05) is 18.6 Å². The van der Waals surface area contributed by atoms with Gasteiger partial charge in [-0.2, -0.15) is 4.98 Å². The van der Waals surface area contributed by atoms with E-state index in [2.05, 4.69) is 26.6 Å². The number of hydrogen-bond acceptors (Lipinski definition) is 7. The number of anilines is 1.